The smallest absolute Gasteiger partial charge is 0.784 e. The maximum atomic E-state index is 8.44. The molecule has 0 heterocycles. The Balaban J connectivity index is -0.0000000270. The molecule has 0 fully saturated rings. The summed E-state index contributed by atoms with van der Waals surface area (Å²) in [6, 6.07) is 0. The van der Waals surface area contributed by atoms with Gasteiger partial charge in [0.15, 0.2) is 0 Å². The molecule has 0 rings (SSSR count). The molecule has 0 radical (unpaired) electrons. The van der Waals surface area contributed by atoms with Crippen LogP contribution in [-0.4, -0.2) is 74.7 Å². The Kier molecular flexibility index (Phi) is 50.2. The second-order valence-electron chi connectivity index (χ2n) is 0.612. The van der Waals surface area contributed by atoms with Crippen LogP contribution in [0.4, 0.5) is 0 Å². The summed E-state index contributed by atoms with van der Waals surface area (Å²) >= 11 is -9.33. The molecule has 0 aromatic heterocycles. The van der Waals surface area contributed by atoms with Gasteiger partial charge in [-0.3, -0.25) is 12.6 Å². The van der Waals surface area contributed by atoms with E-state index in [4.69, 9.17) is 39.9 Å². The van der Waals surface area contributed by atoms with Crippen molar-refractivity contribution in [2.24, 2.45) is 0 Å². The summed E-state index contributed by atoms with van der Waals surface area (Å²) in [6.07, 6.45) is 0. The summed E-state index contributed by atoms with van der Waals surface area (Å²) in [5.41, 5.74) is 0. The molecule has 78 valence electrons. The molecule has 0 atom stereocenters. The summed E-state index contributed by atoms with van der Waals surface area (Å²) in [4.78, 5) is 0. The molecular weight excluding hydrogens is 294 g/mol. The third kappa shape index (κ3) is 1230. The van der Waals surface area contributed by atoms with Crippen molar-refractivity contribution in [1.82, 2.24) is 0 Å². The van der Waals surface area contributed by atoms with E-state index >= 15 is 0 Å². The van der Waals surface area contributed by atoms with Crippen LogP contribution in [0, 0.1) is 0 Å². The van der Waals surface area contributed by atoms with Crippen molar-refractivity contribution < 1.29 is 39.9 Å². The Morgan fingerprint density at radius 2 is 0.500 bits per heavy atom. The Labute approximate surface area is 108 Å². The average molecular weight is 294 g/mol. The van der Waals surface area contributed by atoms with Crippen LogP contribution in [0.1, 0.15) is 0 Å². The van der Waals surface area contributed by atoms with E-state index in [0.29, 0.717) is 0 Å². The molecule has 14 heavy (non-hydrogen) atoms. The van der Waals surface area contributed by atoms with E-state index in [-0.39, 0.29) is 34.7 Å². The van der Waals surface area contributed by atoms with Crippen molar-refractivity contribution in [3.05, 3.63) is 0 Å². The minimum atomic E-state index is -3.11. The first-order valence-electron chi connectivity index (χ1n) is 1.50. The fourth-order valence-corrected chi connectivity index (χ4v) is 0. The second kappa shape index (κ2) is 23.8. The van der Waals surface area contributed by atoms with Crippen molar-refractivity contribution in [2.45, 2.75) is 0 Å². The molecule has 0 aliphatic heterocycles. The van der Waals surface area contributed by atoms with Gasteiger partial charge >= 0.3 is 34.7 Å². The molecule has 0 spiro atoms. The molecular formula is Al2O9S3. The van der Waals surface area contributed by atoms with Crippen molar-refractivity contribution >= 4 is 68.8 Å². The number of hydrogen-bond acceptors (Lipinski definition) is 9. The summed E-state index contributed by atoms with van der Waals surface area (Å²) in [7, 11) is 0. The Morgan fingerprint density at radius 1 is 0.500 bits per heavy atom. The van der Waals surface area contributed by atoms with Gasteiger partial charge in [-0.15, -0.1) is 34.1 Å². The first-order chi connectivity index (χ1) is 5.20. The van der Waals surface area contributed by atoms with Crippen LogP contribution >= 0.6 is 0 Å². The number of hydrogen-bond donors (Lipinski definition) is 0. The quantitative estimate of drug-likeness (QED) is 0.318. The fraction of sp³-hybridized carbons (Fsp3) is 0. The predicted molar refractivity (Wildman–Crippen MR) is 40.6 cm³/mol. The van der Waals surface area contributed by atoms with E-state index in [9.17, 15) is 0 Å². The van der Waals surface area contributed by atoms with Crippen molar-refractivity contribution in [3.8, 4) is 0 Å². The van der Waals surface area contributed by atoms with Gasteiger partial charge in [-0.2, -0.15) is 0 Å². The van der Waals surface area contributed by atoms with Gasteiger partial charge < -0.3 is 27.3 Å². The van der Waals surface area contributed by atoms with Gasteiger partial charge in [0.05, 0.1) is 0 Å². The van der Waals surface area contributed by atoms with E-state index in [1.54, 1.807) is 0 Å². The third-order valence-corrected chi connectivity index (χ3v) is 0. The molecule has 0 aromatic rings. The summed E-state index contributed by atoms with van der Waals surface area (Å²) in [5.74, 6) is 0. The average Bonchev–Trinajstić information content (AvgIpc) is 1.54. The molecule has 0 saturated carbocycles. The third-order valence-electron chi connectivity index (χ3n) is 0. The monoisotopic (exact) mass is 294 g/mol. The van der Waals surface area contributed by atoms with Crippen molar-refractivity contribution in [3.63, 3.8) is 0 Å². The predicted octanol–water partition coefficient (Wildman–Crippen LogP) is -3.77. The summed E-state index contributed by atoms with van der Waals surface area (Å²) in [6.45, 7) is 0. The van der Waals surface area contributed by atoms with Gasteiger partial charge in [-0.05, 0) is 0 Å². The van der Waals surface area contributed by atoms with E-state index in [1.807, 2.05) is 0 Å². The van der Waals surface area contributed by atoms with Crippen LogP contribution in [0.3, 0.4) is 0 Å². The van der Waals surface area contributed by atoms with Crippen LogP contribution in [0.2, 0.25) is 0 Å². The molecule has 0 aliphatic carbocycles. The van der Waals surface area contributed by atoms with Gasteiger partial charge in [-0.25, -0.2) is 0 Å². The molecule has 0 amide bonds. The molecule has 0 aromatic carbocycles. The van der Waals surface area contributed by atoms with Crippen LogP contribution in [-0.2, 0) is 34.1 Å². The zero-order chi connectivity index (χ0) is 10.7. The minimum Gasteiger partial charge on any atom is -0.784 e. The van der Waals surface area contributed by atoms with Gasteiger partial charge in [-0.1, -0.05) is 0 Å². The van der Waals surface area contributed by atoms with E-state index in [1.165, 1.54) is 0 Å². The van der Waals surface area contributed by atoms with Gasteiger partial charge in [0, 0.05) is 0 Å². The van der Waals surface area contributed by atoms with Gasteiger partial charge in [0.25, 0.3) is 0 Å². The van der Waals surface area contributed by atoms with Crippen LogP contribution in [0.25, 0.3) is 0 Å². The molecule has 9 nitrogen and oxygen atoms in total. The molecule has 0 N–H and O–H groups in total. The van der Waals surface area contributed by atoms with Gasteiger partial charge in [0.1, 0.15) is 0 Å². The fourth-order valence-electron chi connectivity index (χ4n) is 0. The Morgan fingerprint density at radius 3 is 0.500 bits per heavy atom. The van der Waals surface area contributed by atoms with Crippen LogP contribution in [0.15, 0.2) is 0 Å². The summed E-state index contributed by atoms with van der Waals surface area (Å²) < 4.78 is 76.0. The van der Waals surface area contributed by atoms with Crippen LogP contribution in [0.5, 0.6) is 0 Å². The zero-order valence-electron chi connectivity index (χ0n) is 6.05. The standard InChI is InChI=1S/2Al.3H2O3S/c;;3*1-4(2)3/h;;3*(H2,1,2,3)/q2*+3;;;/p-6. The van der Waals surface area contributed by atoms with Crippen molar-refractivity contribution in [1.29, 1.82) is 0 Å². The normalized spacial score (nSPS) is 7.50. The molecule has 0 bridgehead atoms. The maximum Gasteiger partial charge on any atom is 3.00 e. The Hall–Kier alpha value is 1.27. The number of rotatable bonds is 0. The minimum absolute atomic E-state index is 0. The zero-order valence-corrected chi connectivity index (χ0v) is 10.8. The first-order valence-corrected chi connectivity index (χ1v) is 4.50. The maximum absolute atomic E-state index is 8.44. The first kappa shape index (κ1) is 29.5. The van der Waals surface area contributed by atoms with Crippen molar-refractivity contribution in [2.75, 3.05) is 0 Å². The second-order valence-corrected chi connectivity index (χ2v) is 1.84. The van der Waals surface area contributed by atoms with E-state index in [2.05, 4.69) is 0 Å². The molecule has 0 aliphatic rings. The molecule has 0 saturated heterocycles. The van der Waals surface area contributed by atoms with Gasteiger partial charge in [0.2, 0.25) is 0 Å². The SMILES string of the molecule is O=S([O-])[O-].O=S([O-])[O-].O=S([O-])[O-].[Al+3].[Al+3]. The summed E-state index contributed by atoms with van der Waals surface area (Å²) in [5, 5.41) is 0. The van der Waals surface area contributed by atoms with E-state index < -0.39 is 34.1 Å². The topological polar surface area (TPSA) is 190 Å². The molecule has 0 unspecified atom stereocenters. The van der Waals surface area contributed by atoms with E-state index in [0.717, 1.165) is 0 Å². The van der Waals surface area contributed by atoms with Crippen LogP contribution < -0.4 is 0 Å². The largest absolute Gasteiger partial charge is 3.00 e. The molecule has 14 heteroatoms. The Bertz CT molecular complexity index is 116.